The summed E-state index contributed by atoms with van der Waals surface area (Å²) in [5.41, 5.74) is 1.98. The zero-order valence-corrected chi connectivity index (χ0v) is 12.2. The Morgan fingerprint density at radius 1 is 1.05 bits per heavy atom. The molecule has 1 heterocycles. The van der Waals surface area contributed by atoms with Crippen molar-refractivity contribution in [1.29, 1.82) is 0 Å². The Kier molecular flexibility index (Phi) is 4.36. The van der Waals surface area contributed by atoms with Gasteiger partial charge in [-0.3, -0.25) is 4.98 Å². The molecule has 1 atom stereocenters. The quantitative estimate of drug-likeness (QED) is 0.885. The number of rotatable bonds is 5. The molecule has 5 nitrogen and oxygen atoms in total. The topological polar surface area (TPSA) is 71.1 Å². The van der Waals surface area contributed by atoms with Gasteiger partial charge in [-0.1, -0.05) is 0 Å². The molecule has 0 spiro atoms. The Bertz CT molecular complexity index is 655. The smallest absolute Gasteiger partial charge is 0.240 e. The van der Waals surface area contributed by atoms with Crippen molar-refractivity contribution in [2.24, 2.45) is 0 Å². The van der Waals surface area contributed by atoms with Crippen molar-refractivity contribution in [3.63, 3.8) is 0 Å². The van der Waals surface area contributed by atoms with Crippen LogP contribution in [0.25, 0.3) is 0 Å². The summed E-state index contributed by atoms with van der Waals surface area (Å²) >= 11 is 0. The molecule has 0 fully saturated rings. The summed E-state index contributed by atoms with van der Waals surface area (Å²) in [6.45, 7) is 2.04. The van der Waals surface area contributed by atoms with Crippen LogP contribution in [0.4, 0.5) is 5.69 Å². The fourth-order valence-electron chi connectivity index (χ4n) is 1.83. The Labute approximate surface area is 119 Å². The van der Waals surface area contributed by atoms with Crippen molar-refractivity contribution in [2.75, 3.05) is 12.4 Å². The highest BCUT2D eigenvalue weighted by Gasteiger charge is 2.11. The van der Waals surface area contributed by atoms with E-state index >= 15 is 0 Å². The maximum absolute atomic E-state index is 11.6. The monoisotopic (exact) mass is 291 g/mol. The first kappa shape index (κ1) is 14.5. The van der Waals surface area contributed by atoms with Gasteiger partial charge in [-0.05, 0) is 55.9 Å². The van der Waals surface area contributed by atoms with Crippen LogP contribution in [0.15, 0.2) is 53.7 Å². The molecule has 0 aliphatic heterocycles. The lowest BCUT2D eigenvalue weighted by Crippen LogP contribution is -2.18. The fraction of sp³-hybridized carbons (Fsp3) is 0.214. The molecule has 6 heteroatoms. The summed E-state index contributed by atoms with van der Waals surface area (Å²) in [5.74, 6) is 0. The predicted octanol–water partition coefficient (Wildman–Crippen LogP) is 2.16. The Morgan fingerprint density at radius 2 is 1.65 bits per heavy atom. The highest BCUT2D eigenvalue weighted by atomic mass is 32.2. The van der Waals surface area contributed by atoms with Crippen LogP contribution >= 0.6 is 0 Å². The lowest BCUT2D eigenvalue weighted by molar-refractivity contribution is 0.588. The van der Waals surface area contributed by atoms with Crippen LogP contribution < -0.4 is 10.0 Å². The van der Waals surface area contributed by atoms with E-state index in [0.717, 1.165) is 11.3 Å². The molecular weight excluding hydrogens is 274 g/mol. The van der Waals surface area contributed by atoms with Gasteiger partial charge in [0.25, 0.3) is 0 Å². The van der Waals surface area contributed by atoms with Gasteiger partial charge in [0.2, 0.25) is 10.0 Å². The van der Waals surface area contributed by atoms with Gasteiger partial charge in [0.15, 0.2) is 0 Å². The Morgan fingerprint density at radius 3 is 2.20 bits per heavy atom. The van der Waals surface area contributed by atoms with Gasteiger partial charge >= 0.3 is 0 Å². The van der Waals surface area contributed by atoms with E-state index < -0.39 is 10.0 Å². The first-order valence-corrected chi connectivity index (χ1v) is 7.71. The molecule has 0 bridgehead atoms. The SMILES string of the molecule is CNS(=O)(=O)c1ccc(NC(C)c2ccncc2)cc1. The lowest BCUT2D eigenvalue weighted by Gasteiger charge is -2.15. The van der Waals surface area contributed by atoms with E-state index in [1.807, 2.05) is 19.1 Å². The second kappa shape index (κ2) is 6.02. The fourth-order valence-corrected chi connectivity index (χ4v) is 2.56. The second-order valence-corrected chi connectivity index (χ2v) is 6.27. The molecule has 2 rings (SSSR count). The first-order valence-electron chi connectivity index (χ1n) is 6.23. The van der Waals surface area contributed by atoms with E-state index in [9.17, 15) is 8.42 Å². The number of aromatic nitrogens is 1. The molecule has 1 aromatic carbocycles. The minimum atomic E-state index is -3.38. The Hall–Kier alpha value is -1.92. The van der Waals surface area contributed by atoms with Crippen LogP contribution in [0.3, 0.4) is 0 Å². The van der Waals surface area contributed by atoms with Gasteiger partial charge in [-0.2, -0.15) is 0 Å². The van der Waals surface area contributed by atoms with Crippen LogP contribution in [0.5, 0.6) is 0 Å². The minimum absolute atomic E-state index is 0.116. The number of anilines is 1. The highest BCUT2D eigenvalue weighted by molar-refractivity contribution is 7.89. The van der Waals surface area contributed by atoms with Crippen LogP contribution in [0.1, 0.15) is 18.5 Å². The molecule has 1 aromatic heterocycles. The summed E-state index contributed by atoms with van der Waals surface area (Å²) in [7, 11) is -1.99. The molecule has 0 aliphatic carbocycles. The first-order chi connectivity index (χ1) is 9.53. The summed E-state index contributed by atoms with van der Waals surface area (Å²) in [5, 5.41) is 3.31. The number of benzene rings is 1. The molecule has 1 unspecified atom stereocenters. The number of hydrogen-bond donors (Lipinski definition) is 2. The molecule has 20 heavy (non-hydrogen) atoms. The number of nitrogens with one attached hydrogen (secondary N) is 2. The second-order valence-electron chi connectivity index (χ2n) is 4.38. The lowest BCUT2D eigenvalue weighted by atomic mass is 10.1. The molecule has 0 saturated carbocycles. The molecule has 2 aromatic rings. The maximum Gasteiger partial charge on any atom is 0.240 e. The molecule has 0 aliphatic rings. The van der Waals surface area contributed by atoms with Gasteiger partial charge in [0.05, 0.1) is 4.90 Å². The van der Waals surface area contributed by atoms with Gasteiger partial charge in [0, 0.05) is 24.1 Å². The third kappa shape index (κ3) is 3.34. The third-order valence-corrected chi connectivity index (χ3v) is 4.45. The predicted molar refractivity (Wildman–Crippen MR) is 79.0 cm³/mol. The van der Waals surface area contributed by atoms with E-state index in [1.54, 1.807) is 36.7 Å². The number of pyridine rings is 1. The molecule has 2 N–H and O–H groups in total. The van der Waals surface area contributed by atoms with Crippen molar-refractivity contribution in [3.05, 3.63) is 54.4 Å². The van der Waals surface area contributed by atoms with Crippen molar-refractivity contribution in [2.45, 2.75) is 17.9 Å². The molecule has 0 amide bonds. The average molecular weight is 291 g/mol. The zero-order valence-electron chi connectivity index (χ0n) is 11.4. The van der Waals surface area contributed by atoms with E-state index in [4.69, 9.17) is 0 Å². The maximum atomic E-state index is 11.6. The van der Waals surface area contributed by atoms with Crippen LogP contribution in [-0.2, 0) is 10.0 Å². The largest absolute Gasteiger partial charge is 0.379 e. The van der Waals surface area contributed by atoms with Crippen LogP contribution in [-0.4, -0.2) is 20.4 Å². The summed E-state index contributed by atoms with van der Waals surface area (Å²) in [6.07, 6.45) is 3.49. The standard InChI is InChI=1S/C14H17N3O2S/c1-11(12-7-9-16-10-8-12)17-13-3-5-14(6-4-13)20(18,19)15-2/h3-11,15,17H,1-2H3. The molecule has 0 saturated heterocycles. The van der Waals surface area contributed by atoms with E-state index in [2.05, 4.69) is 15.0 Å². The van der Waals surface area contributed by atoms with Gasteiger partial charge in [-0.15, -0.1) is 0 Å². The van der Waals surface area contributed by atoms with Crippen molar-refractivity contribution in [1.82, 2.24) is 9.71 Å². The van der Waals surface area contributed by atoms with Crippen LogP contribution in [0, 0.1) is 0 Å². The van der Waals surface area contributed by atoms with E-state index in [-0.39, 0.29) is 10.9 Å². The number of hydrogen-bond acceptors (Lipinski definition) is 4. The molecular formula is C14H17N3O2S. The molecule has 106 valence electrons. The third-order valence-electron chi connectivity index (χ3n) is 3.02. The number of nitrogens with zero attached hydrogens (tertiary/aromatic N) is 1. The zero-order chi connectivity index (χ0) is 14.6. The minimum Gasteiger partial charge on any atom is -0.379 e. The normalized spacial score (nSPS) is 12.9. The summed E-state index contributed by atoms with van der Waals surface area (Å²) < 4.78 is 25.5. The van der Waals surface area contributed by atoms with Gasteiger partial charge in [0.1, 0.15) is 0 Å². The van der Waals surface area contributed by atoms with Crippen molar-refractivity contribution >= 4 is 15.7 Å². The van der Waals surface area contributed by atoms with E-state index in [0.29, 0.717) is 0 Å². The van der Waals surface area contributed by atoms with Gasteiger partial charge in [-0.25, -0.2) is 13.1 Å². The summed E-state index contributed by atoms with van der Waals surface area (Å²) in [4.78, 5) is 4.23. The van der Waals surface area contributed by atoms with Gasteiger partial charge < -0.3 is 5.32 Å². The highest BCUT2D eigenvalue weighted by Crippen LogP contribution is 2.20. The molecule has 0 radical (unpaired) electrons. The van der Waals surface area contributed by atoms with Crippen LogP contribution in [0.2, 0.25) is 0 Å². The van der Waals surface area contributed by atoms with Crippen molar-refractivity contribution < 1.29 is 8.42 Å². The Balaban J connectivity index is 2.12. The number of sulfonamides is 1. The van der Waals surface area contributed by atoms with Crippen molar-refractivity contribution in [3.8, 4) is 0 Å². The van der Waals surface area contributed by atoms with E-state index in [1.165, 1.54) is 7.05 Å². The average Bonchev–Trinajstić information content (AvgIpc) is 2.48. The summed E-state index contributed by atoms with van der Waals surface area (Å²) in [6, 6.07) is 10.7.